The third-order valence-corrected chi connectivity index (χ3v) is 5.52. The van der Waals surface area contributed by atoms with Crippen LogP contribution in [0.15, 0.2) is 24.3 Å². The van der Waals surface area contributed by atoms with Crippen molar-refractivity contribution in [2.75, 3.05) is 26.2 Å². The van der Waals surface area contributed by atoms with Gasteiger partial charge >= 0.3 is 6.03 Å². The lowest BCUT2D eigenvalue weighted by Crippen LogP contribution is -2.42. The van der Waals surface area contributed by atoms with Gasteiger partial charge < -0.3 is 10.2 Å². The number of nitrogens with zero attached hydrogens (tertiary/aromatic N) is 2. The number of carbonyl (C=O) groups excluding carboxylic acids is 2. The first kappa shape index (κ1) is 17.9. The van der Waals surface area contributed by atoms with Gasteiger partial charge in [-0.15, -0.1) is 0 Å². The highest BCUT2D eigenvalue weighted by Crippen LogP contribution is 2.30. The van der Waals surface area contributed by atoms with Gasteiger partial charge in [0.05, 0.1) is 0 Å². The van der Waals surface area contributed by atoms with Crippen molar-refractivity contribution in [1.29, 1.82) is 0 Å². The van der Waals surface area contributed by atoms with Crippen molar-refractivity contribution < 1.29 is 9.59 Å². The predicted molar refractivity (Wildman–Crippen MR) is 98.4 cm³/mol. The molecule has 5 heteroatoms. The van der Waals surface area contributed by atoms with Crippen LogP contribution in [0.5, 0.6) is 0 Å². The molecule has 0 radical (unpaired) electrons. The zero-order chi connectivity index (χ0) is 18.0. The van der Waals surface area contributed by atoms with Crippen molar-refractivity contribution in [3.05, 3.63) is 35.4 Å². The Morgan fingerprint density at radius 3 is 2.28 bits per heavy atom. The molecule has 2 saturated heterocycles. The number of rotatable bonds is 5. The minimum atomic E-state index is -0.964. The summed E-state index contributed by atoms with van der Waals surface area (Å²) in [5.41, 5.74) is 1.11. The average molecular weight is 343 g/mol. The number of amides is 3. The van der Waals surface area contributed by atoms with Crippen molar-refractivity contribution in [3.63, 3.8) is 0 Å². The van der Waals surface area contributed by atoms with E-state index in [-0.39, 0.29) is 11.9 Å². The van der Waals surface area contributed by atoms with Gasteiger partial charge in [0, 0.05) is 13.1 Å². The largest absolute Gasteiger partial charge is 0.325 e. The Balaban J connectivity index is 1.70. The Labute approximate surface area is 150 Å². The molecular formula is C20H29N3O2. The lowest BCUT2D eigenvalue weighted by atomic mass is 9.90. The number of piperidine rings is 1. The summed E-state index contributed by atoms with van der Waals surface area (Å²) in [5, 5.41) is 2.90. The molecule has 1 aromatic rings. The molecule has 1 unspecified atom stereocenters. The van der Waals surface area contributed by atoms with E-state index in [2.05, 4.69) is 24.1 Å². The van der Waals surface area contributed by atoms with Crippen molar-refractivity contribution >= 4 is 11.9 Å². The van der Waals surface area contributed by atoms with Gasteiger partial charge in [-0.25, -0.2) is 4.79 Å². The number of urea groups is 1. The Kier molecular flexibility index (Phi) is 5.13. The maximum absolute atomic E-state index is 13.0. The van der Waals surface area contributed by atoms with Crippen LogP contribution in [-0.2, 0) is 10.3 Å². The minimum Gasteiger partial charge on any atom is -0.319 e. The van der Waals surface area contributed by atoms with E-state index in [0.29, 0.717) is 12.5 Å². The van der Waals surface area contributed by atoms with Gasteiger partial charge in [-0.2, -0.15) is 0 Å². The van der Waals surface area contributed by atoms with Gasteiger partial charge in [0.25, 0.3) is 5.91 Å². The SMILES string of the molecule is CC(C)c1ccc(C2(C)NC(=O)N(CCN3CCCCC3)C2=O)cc1. The molecule has 0 saturated carbocycles. The Bertz CT molecular complexity index is 635. The maximum atomic E-state index is 13.0. The molecule has 0 bridgehead atoms. The number of hydrogen-bond acceptors (Lipinski definition) is 3. The van der Waals surface area contributed by atoms with Crippen LogP contribution in [0, 0.1) is 0 Å². The van der Waals surface area contributed by atoms with Gasteiger partial charge in [-0.3, -0.25) is 9.69 Å². The summed E-state index contributed by atoms with van der Waals surface area (Å²) in [5.74, 6) is 0.295. The van der Waals surface area contributed by atoms with E-state index in [9.17, 15) is 9.59 Å². The van der Waals surface area contributed by atoms with Gasteiger partial charge in [-0.05, 0) is 49.9 Å². The van der Waals surface area contributed by atoms with Gasteiger partial charge in [0.2, 0.25) is 0 Å². The summed E-state index contributed by atoms with van der Waals surface area (Å²) in [6.07, 6.45) is 3.70. The zero-order valence-corrected chi connectivity index (χ0v) is 15.5. The summed E-state index contributed by atoms with van der Waals surface area (Å²) in [6, 6.07) is 7.73. The molecule has 0 aliphatic carbocycles. The summed E-state index contributed by atoms with van der Waals surface area (Å²) < 4.78 is 0. The summed E-state index contributed by atoms with van der Waals surface area (Å²) >= 11 is 0. The second-order valence-corrected chi connectivity index (χ2v) is 7.69. The number of likely N-dealkylation sites (tertiary alicyclic amines) is 1. The molecule has 25 heavy (non-hydrogen) atoms. The van der Waals surface area contributed by atoms with Crippen molar-refractivity contribution in [2.45, 2.75) is 51.5 Å². The van der Waals surface area contributed by atoms with Crippen LogP contribution in [0.25, 0.3) is 0 Å². The lowest BCUT2D eigenvalue weighted by Gasteiger charge is -2.28. The molecule has 0 aromatic heterocycles. The number of carbonyl (C=O) groups is 2. The highest BCUT2D eigenvalue weighted by molar-refractivity contribution is 6.07. The molecule has 2 aliphatic rings. The Morgan fingerprint density at radius 2 is 1.68 bits per heavy atom. The second kappa shape index (κ2) is 7.16. The Hall–Kier alpha value is -1.88. The van der Waals surface area contributed by atoms with Gasteiger partial charge in [0.1, 0.15) is 5.54 Å². The number of nitrogens with one attached hydrogen (secondary N) is 1. The molecular weight excluding hydrogens is 314 g/mol. The van der Waals surface area contributed by atoms with Crippen LogP contribution in [0.2, 0.25) is 0 Å². The highest BCUT2D eigenvalue weighted by Gasteiger charge is 2.48. The zero-order valence-electron chi connectivity index (χ0n) is 15.5. The van der Waals surface area contributed by atoms with Crippen molar-refractivity contribution in [2.24, 2.45) is 0 Å². The number of imide groups is 1. The predicted octanol–water partition coefficient (Wildman–Crippen LogP) is 3.06. The summed E-state index contributed by atoms with van der Waals surface area (Å²) in [4.78, 5) is 29.1. The maximum Gasteiger partial charge on any atom is 0.325 e. The van der Waals surface area contributed by atoms with Crippen LogP contribution in [0.4, 0.5) is 4.79 Å². The molecule has 2 heterocycles. The average Bonchev–Trinajstić information content (AvgIpc) is 2.84. The second-order valence-electron chi connectivity index (χ2n) is 7.69. The molecule has 5 nitrogen and oxygen atoms in total. The van der Waals surface area contributed by atoms with Crippen LogP contribution in [-0.4, -0.2) is 47.9 Å². The van der Waals surface area contributed by atoms with Crippen molar-refractivity contribution in [3.8, 4) is 0 Å². The van der Waals surface area contributed by atoms with Crippen LogP contribution in [0.3, 0.4) is 0 Å². The minimum absolute atomic E-state index is 0.146. The molecule has 1 atom stereocenters. The molecule has 0 spiro atoms. The molecule has 3 rings (SSSR count). The van der Waals surface area contributed by atoms with E-state index < -0.39 is 5.54 Å². The molecule has 136 valence electrons. The normalized spacial score (nSPS) is 24.9. The topological polar surface area (TPSA) is 52.7 Å². The van der Waals surface area contributed by atoms with E-state index in [1.54, 1.807) is 6.92 Å². The summed E-state index contributed by atoms with van der Waals surface area (Å²) in [7, 11) is 0. The molecule has 1 N–H and O–H groups in total. The molecule has 2 fully saturated rings. The third kappa shape index (κ3) is 3.56. The van der Waals surface area contributed by atoms with Crippen molar-refractivity contribution in [1.82, 2.24) is 15.1 Å². The first-order valence-electron chi connectivity index (χ1n) is 9.39. The third-order valence-electron chi connectivity index (χ3n) is 5.52. The van der Waals surface area contributed by atoms with E-state index in [4.69, 9.17) is 0 Å². The monoisotopic (exact) mass is 343 g/mol. The molecule has 3 amide bonds. The fourth-order valence-electron chi connectivity index (χ4n) is 3.72. The fourth-order valence-corrected chi connectivity index (χ4v) is 3.72. The van der Waals surface area contributed by atoms with Gasteiger partial charge in [-0.1, -0.05) is 44.5 Å². The fraction of sp³-hybridized carbons (Fsp3) is 0.600. The van der Waals surface area contributed by atoms with Gasteiger partial charge in [0.15, 0.2) is 0 Å². The molecule has 2 aliphatic heterocycles. The van der Waals surface area contributed by atoms with E-state index in [1.807, 2.05) is 24.3 Å². The van der Waals surface area contributed by atoms with Crippen LogP contribution < -0.4 is 5.32 Å². The molecule has 1 aromatic carbocycles. The highest BCUT2D eigenvalue weighted by atomic mass is 16.2. The Morgan fingerprint density at radius 1 is 1.04 bits per heavy atom. The van der Waals surface area contributed by atoms with Crippen LogP contribution >= 0.6 is 0 Å². The summed E-state index contributed by atoms with van der Waals surface area (Å²) in [6.45, 7) is 9.45. The lowest BCUT2D eigenvalue weighted by molar-refractivity contribution is -0.131. The van der Waals surface area contributed by atoms with Crippen LogP contribution in [0.1, 0.15) is 57.1 Å². The smallest absolute Gasteiger partial charge is 0.319 e. The van der Waals surface area contributed by atoms with E-state index in [0.717, 1.165) is 25.2 Å². The van der Waals surface area contributed by atoms with E-state index >= 15 is 0 Å². The van der Waals surface area contributed by atoms with E-state index in [1.165, 1.54) is 29.7 Å². The first-order chi connectivity index (χ1) is 11.9. The quantitative estimate of drug-likeness (QED) is 0.836. The number of hydrogen-bond donors (Lipinski definition) is 1. The standard InChI is InChI=1S/C20H29N3O2/c1-15(2)16-7-9-17(10-8-16)20(3)18(24)23(19(25)21-20)14-13-22-11-5-4-6-12-22/h7-10,15H,4-6,11-14H2,1-3H3,(H,21,25). The first-order valence-corrected chi connectivity index (χ1v) is 9.39. The number of benzene rings is 1.